The lowest BCUT2D eigenvalue weighted by Gasteiger charge is -2.06. The molecule has 3 nitrogen and oxygen atoms in total. The van der Waals surface area contributed by atoms with E-state index in [1.165, 1.54) is 6.92 Å². The van der Waals surface area contributed by atoms with Crippen molar-refractivity contribution >= 4 is 16.8 Å². The SMILES string of the molecule is C[C@@H](C(=O)Cl)n1ccc(C(F)(F)F)n1. The lowest BCUT2D eigenvalue weighted by atomic mass is 10.4. The van der Waals surface area contributed by atoms with Crippen LogP contribution in [0.5, 0.6) is 0 Å². The molecule has 0 saturated carbocycles. The Bertz CT molecular complexity index is 347. The third kappa shape index (κ3) is 2.25. The summed E-state index contributed by atoms with van der Waals surface area (Å²) in [5, 5.41) is 2.43. The molecule has 0 saturated heterocycles. The zero-order valence-electron chi connectivity index (χ0n) is 7.05. The summed E-state index contributed by atoms with van der Waals surface area (Å²) in [7, 11) is 0. The quantitative estimate of drug-likeness (QED) is 0.725. The van der Waals surface area contributed by atoms with Gasteiger partial charge < -0.3 is 0 Å². The Hall–Kier alpha value is -1.04. The lowest BCUT2D eigenvalue weighted by molar-refractivity contribution is -0.141. The molecular weight excluding hydrogens is 221 g/mol. The molecular formula is C7H6ClF3N2O. The minimum absolute atomic E-state index is 0.762. The molecule has 1 rings (SSSR count). The summed E-state index contributed by atoms with van der Waals surface area (Å²) in [5.74, 6) is 0. The maximum atomic E-state index is 12.1. The van der Waals surface area contributed by atoms with Gasteiger partial charge in [0.25, 0.3) is 0 Å². The fourth-order valence-corrected chi connectivity index (χ4v) is 0.909. The molecule has 14 heavy (non-hydrogen) atoms. The summed E-state index contributed by atoms with van der Waals surface area (Å²) in [5.41, 5.74) is -1.04. The third-order valence-electron chi connectivity index (χ3n) is 1.62. The van der Waals surface area contributed by atoms with E-state index in [1.807, 2.05) is 0 Å². The minimum atomic E-state index is -4.50. The monoisotopic (exact) mass is 226 g/mol. The second kappa shape index (κ2) is 3.61. The summed E-state index contributed by atoms with van der Waals surface area (Å²) < 4.78 is 37.1. The molecule has 1 heterocycles. The summed E-state index contributed by atoms with van der Waals surface area (Å²) in [6.07, 6.45) is -3.44. The molecule has 0 unspecified atom stereocenters. The van der Waals surface area contributed by atoms with Crippen molar-refractivity contribution in [2.75, 3.05) is 0 Å². The first kappa shape index (κ1) is 11.0. The van der Waals surface area contributed by atoms with E-state index < -0.39 is 23.2 Å². The summed E-state index contributed by atoms with van der Waals surface area (Å²) >= 11 is 5.11. The van der Waals surface area contributed by atoms with Gasteiger partial charge in [-0.05, 0) is 24.6 Å². The highest BCUT2D eigenvalue weighted by Gasteiger charge is 2.34. The van der Waals surface area contributed by atoms with E-state index >= 15 is 0 Å². The molecule has 7 heteroatoms. The van der Waals surface area contributed by atoms with E-state index in [4.69, 9.17) is 11.6 Å². The maximum Gasteiger partial charge on any atom is 0.435 e. The number of nitrogens with zero attached hydrogens (tertiary/aromatic N) is 2. The number of hydrogen-bond acceptors (Lipinski definition) is 2. The van der Waals surface area contributed by atoms with Gasteiger partial charge in [-0.2, -0.15) is 18.3 Å². The van der Waals surface area contributed by atoms with Gasteiger partial charge in [-0.15, -0.1) is 0 Å². The molecule has 1 aromatic heterocycles. The average molecular weight is 227 g/mol. The molecule has 0 spiro atoms. The summed E-state index contributed by atoms with van der Waals surface area (Å²) in [6, 6.07) is -0.108. The Kier molecular flexibility index (Phi) is 2.84. The highest BCUT2D eigenvalue weighted by molar-refractivity contribution is 6.64. The molecule has 0 fully saturated rings. The highest BCUT2D eigenvalue weighted by atomic mass is 35.5. The van der Waals surface area contributed by atoms with Crippen LogP contribution in [0.4, 0.5) is 13.2 Å². The van der Waals surface area contributed by atoms with E-state index in [0.717, 1.165) is 16.9 Å². The second-order valence-corrected chi connectivity index (χ2v) is 3.03. The van der Waals surface area contributed by atoms with E-state index in [9.17, 15) is 18.0 Å². The van der Waals surface area contributed by atoms with Crippen molar-refractivity contribution in [2.45, 2.75) is 19.1 Å². The van der Waals surface area contributed by atoms with Gasteiger partial charge >= 0.3 is 6.18 Å². The van der Waals surface area contributed by atoms with Crippen LogP contribution in [0.25, 0.3) is 0 Å². The maximum absolute atomic E-state index is 12.1. The topological polar surface area (TPSA) is 34.9 Å². The molecule has 0 amide bonds. The Balaban J connectivity index is 2.94. The predicted molar refractivity (Wildman–Crippen MR) is 42.8 cm³/mol. The van der Waals surface area contributed by atoms with E-state index in [0.29, 0.717) is 0 Å². The molecule has 0 aromatic carbocycles. The van der Waals surface area contributed by atoms with Crippen molar-refractivity contribution in [1.29, 1.82) is 0 Å². The van der Waals surface area contributed by atoms with Crippen molar-refractivity contribution in [2.24, 2.45) is 0 Å². The second-order valence-electron chi connectivity index (χ2n) is 2.66. The summed E-state index contributed by atoms with van der Waals surface area (Å²) in [6.45, 7) is 1.36. The number of halogens is 4. The molecule has 0 aliphatic carbocycles. The van der Waals surface area contributed by atoms with E-state index in [2.05, 4.69) is 5.10 Å². The van der Waals surface area contributed by atoms with Gasteiger partial charge in [-0.3, -0.25) is 9.48 Å². The van der Waals surface area contributed by atoms with Crippen molar-refractivity contribution in [1.82, 2.24) is 9.78 Å². The van der Waals surface area contributed by atoms with E-state index in [1.54, 1.807) is 0 Å². The standard InChI is InChI=1S/C7H6ClF3N2O/c1-4(6(8)14)13-3-2-5(12-13)7(9,10)11/h2-4H,1H3/t4-/m0/s1. The van der Waals surface area contributed by atoms with Gasteiger partial charge in [0.05, 0.1) is 0 Å². The fourth-order valence-electron chi connectivity index (χ4n) is 0.809. The highest BCUT2D eigenvalue weighted by Crippen LogP contribution is 2.27. The molecule has 1 aromatic rings. The Labute approximate surface area is 82.5 Å². The van der Waals surface area contributed by atoms with Crippen LogP contribution in [0, 0.1) is 0 Å². The first-order valence-corrected chi connectivity index (χ1v) is 4.02. The largest absolute Gasteiger partial charge is 0.435 e. The zero-order valence-corrected chi connectivity index (χ0v) is 7.80. The third-order valence-corrected chi connectivity index (χ3v) is 1.94. The number of rotatable bonds is 2. The van der Waals surface area contributed by atoms with Crippen LogP contribution in [0.2, 0.25) is 0 Å². The van der Waals surface area contributed by atoms with Gasteiger partial charge in [0.1, 0.15) is 6.04 Å². The predicted octanol–water partition coefficient (Wildman–Crippen LogP) is 2.23. The molecule has 0 radical (unpaired) electrons. The van der Waals surface area contributed by atoms with Gasteiger partial charge in [-0.25, -0.2) is 0 Å². The zero-order chi connectivity index (χ0) is 10.9. The van der Waals surface area contributed by atoms with Crippen molar-refractivity contribution in [3.63, 3.8) is 0 Å². The minimum Gasteiger partial charge on any atom is -0.279 e. The Morgan fingerprint density at radius 1 is 1.64 bits per heavy atom. The average Bonchev–Trinajstić information content (AvgIpc) is 2.49. The number of aromatic nitrogens is 2. The van der Waals surface area contributed by atoms with Crippen molar-refractivity contribution in [3.05, 3.63) is 18.0 Å². The molecule has 0 bridgehead atoms. The van der Waals surface area contributed by atoms with Crippen LogP contribution in [0.1, 0.15) is 18.7 Å². The van der Waals surface area contributed by atoms with Gasteiger partial charge in [0.15, 0.2) is 5.69 Å². The fraction of sp³-hybridized carbons (Fsp3) is 0.429. The Morgan fingerprint density at radius 3 is 2.57 bits per heavy atom. The number of carbonyl (C=O) groups is 1. The van der Waals surface area contributed by atoms with Crippen LogP contribution in [-0.2, 0) is 11.0 Å². The van der Waals surface area contributed by atoms with Crippen LogP contribution in [0.15, 0.2) is 12.3 Å². The first-order chi connectivity index (χ1) is 6.32. The lowest BCUT2D eigenvalue weighted by Crippen LogP contribution is -2.14. The summed E-state index contributed by atoms with van der Waals surface area (Å²) in [4.78, 5) is 10.6. The number of alkyl halides is 3. The molecule has 1 atom stereocenters. The number of hydrogen-bond donors (Lipinski definition) is 0. The van der Waals surface area contributed by atoms with Crippen LogP contribution in [-0.4, -0.2) is 15.0 Å². The molecule has 0 N–H and O–H groups in total. The van der Waals surface area contributed by atoms with Gasteiger partial charge in [0, 0.05) is 6.20 Å². The smallest absolute Gasteiger partial charge is 0.279 e. The molecule has 0 aliphatic rings. The van der Waals surface area contributed by atoms with Gasteiger partial charge in [0.2, 0.25) is 5.24 Å². The Morgan fingerprint density at radius 2 is 2.21 bits per heavy atom. The normalized spacial score (nSPS) is 14.1. The molecule has 0 aliphatic heterocycles. The van der Waals surface area contributed by atoms with Crippen LogP contribution >= 0.6 is 11.6 Å². The van der Waals surface area contributed by atoms with Crippen molar-refractivity contribution < 1.29 is 18.0 Å². The van der Waals surface area contributed by atoms with Crippen molar-refractivity contribution in [3.8, 4) is 0 Å². The molecule has 78 valence electrons. The van der Waals surface area contributed by atoms with E-state index in [-0.39, 0.29) is 0 Å². The number of carbonyl (C=O) groups excluding carboxylic acids is 1. The first-order valence-electron chi connectivity index (χ1n) is 3.64. The van der Waals surface area contributed by atoms with Crippen LogP contribution in [0.3, 0.4) is 0 Å². The van der Waals surface area contributed by atoms with Crippen LogP contribution < -0.4 is 0 Å². The van der Waals surface area contributed by atoms with Gasteiger partial charge in [-0.1, -0.05) is 0 Å².